The van der Waals surface area contributed by atoms with Crippen LogP contribution in [-0.2, 0) is 9.53 Å². The third-order valence-corrected chi connectivity index (χ3v) is 3.04. The Kier molecular flexibility index (Phi) is 7.43. The van der Waals surface area contributed by atoms with Crippen molar-refractivity contribution in [3.63, 3.8) is 0 Å². The lowest BCUT2D eigenvalue weighted by atomic mass is 10.1. The van der Waals surface area contributed by atoms with Gasteiger partial charge in [-0.1, -0.05) is 13.0 Å². The van der Waals surface area contributed by atoms with Crippen molar-refractivity contribution in [2.75, 3.05) is 19.8 Å². The van der Waals surface area contributed by atoms with Gasteiger partial charge in [0.25, 0.3) is 5.91 Å². The minimum absolute atomic E-state index is 0.0463. The van der Waals surface area contributed by atoms with Crippen LogP contribution in [0.2, 0.25) is 0 Å². The van der Waals surface area contributed by atoms with E-state index in [0.29, 0.717) is 24.5 Å². The molecule has 0 N–H and O–H groups in total. The number of hydrogen-bond donors (Lipinski definition) is 0. The molecule has 0 fully saturated rings. The number of esters is 1. The fraction of sp³-hybridized carbons (Fsp3) is 0.529. The average Bonchev–Trinajstić information content (AvgIpc) is 2.50. The molecule has 1 aromatic rings. The van der Waals surface area contributed by atoms with Crippen molar-refractivity contribution in [2.45, 2.75) is 40.2 Å². The van der Waals surface area contributed by atoms with Crippen molar-refractivity contribution >= 4 is 11.9 Å². The molecule has 1 rings (SSSR count). The first kappa shape index (κ1) is 18.0. The summed E-state index contributed by atoms with van der Waals surface area (Å²) in [6.07, 6.45) is 0.762. The van der Waals surface area contributed by atoms with Gasteiger partial charge in [0.05, 0.1) is 13.2 Å². The van der Waals surface area contributed by atoms with Crippen LogP contribution in [0.15, 0.2) is 24.3 Å². The number of hydrogen-bond acceptors (Lipinski definition) is 4. The second-order valence-electron chi connectivity index (χ2n) is 5.21. The van der Waals surface area contributed by atoms with Gasteiger partial charge < -0.3 is 14.4 Å². The van der Waals surface area contributed by atoms with Crippen molar-refractivity contribution in [2.24, 2.45) is 0 Å². The molecule has 0 saturated carbocycles. The lowest BCUT2D eigenvalue weighted by Gasteiger charge is -2.26. The second-order valence-corrected chi connectivity index (χ2v) is 5.21. The molecule has 0 bridgehead atoms. The third kappa shape index (κ3) is 5.39. The number of nitrogens with zero attached hydrogens (tertiary/aromatic N) is 1. The molecule has 0 heterocycles. The summed E-state index contributed by atoms with van der Waals surface area (Å²) in [5.74, 6) is 0.0560. The van der Waals surface area contributed by atoms with Gasteiger partial charge in [-0.3, -0.25) is 9.59 Å². The van der Waals surface area contributed by atoms with Crippen LogP contribution in [0.4, 0.5) is 0 Å². The normalized spacial score (nSPS) is 10.4. The third-order valence-electron chi connectivity index (χ3n) is 3.04. The monoisotopic (exact) mass is 307 g/mol. The topological polar surface area (TPSA) is 55.8 Å². The van der Waals surface area contributed by atoms with E-state index in [2.05, 4.69) is 0 Å². The summed E-state index contributed by atoms with van der Waals surface area (Å²) in [6.45, 7) is 8.42. The Morgan fingerprint density at radius 2 is 1.95 bits per heavy atom. The number of carbonyl (C=O) groups is 2. The van der Waals surface area contributed by atoms with E-state index < -0.39 is 0 Å². The molecule has 5 nitrogen and oxygen atoms in total. The fourth-order valence-electron chi connectivity index (χ4n) is 1.94. The van der Waals surface area contributed by atoms with Gasteiger partial charge in [-0.05, 0) is 45.4 Å². The van der Waals surface area contributed by atoms with Crippen molar-refractivity contribution in [1.82, 2.24) is 4.90 Å². The number of benzene rings is 1. The van der Waals surface area contributed by atoms with Gasteiger partial charge in [0.2, 0.25) is 0 Å². The summed E-state index contributed by atoms with van der Waals surface area (Å²) in [5, 5.41) is 0. The molecule has 0 aliphatic heterocycles. The number of amides is 1. The first-order chi connectivity index (χ1) is 10.5. The fourth-order valence-corrected chi connectivity index (χ4v) is 1.94. The predicted molar refractivity (Wildman–Crippen MR) is 85.0 cm³/mol. The first-order valence-corrected chi connectivity index (χ1v) is 7.69. The molecule has 0 atom stereocenters. The van der Waals surface area contributed by atoms with Gasteiger partial charge in [0.15, 0.2) is 0 Å². The van der Waals surface area contributed by atoms with Gasteiger partial charge in [-0.2, -0.15) is 0 Å². The van der Waals surface area contributed by atoms with E-state index in [1.165, 1.54) is 4.90 Å². The molecule has 1 aromatic carbocycles. The lowest BCUT2D eigenvalue weighted by molar-refractivity contribution is -0.144. The first-order valence-electron chi connectivity index (χ1n) is 7.69. The van der Waals surface area contributed by atoms with Gasteiger partial charge in [0, 0.05) is 11.6 Å². The van der Waals surface area contributed by atoms with Gasteiger partial charge in [-0.15, -0.1) is 0 Å². The van der Waals surface area contributed by atoms with Crippen LogP contribution in [0.25, 0.3) is 0 Å². The van der Waals surface area contributed by atoms with Crippen LogP contribution in [0.3, 0.4) is 0 Å². The zero-order valence-corrected chi connectivity index (χ0v) is 13.8. The Hall–Kier alpha value is -2.04. The number of rotatable bonds is 8. The number of ether oxygens (including phenoxy) is 2. The maximum Gasteiger partial charge on any atom is 0.325 e. The van der Waals surface area contributed by atoms with E-state index in [9.17, 15) is 9.59 Å². The van der Waals surface area contributed by atoms with E-state index in [0.717, 1.165) is 6.42 Å². The van der Waals surface area contributed by atoms with Crippen molar-refractivity contribution in [3.8, 4) is 5.75 Å². The van der Waals surface area contributed by atoms with Crippen molar-refractivity contribution in [1.29, 1.82) is 0 Å². The maximum absolute atomic E-state index is 12.6. The van der Waals surface area contributed by atoms with E-state index >= 15 is 0 Å². The molecular weight excluding hydrogens is 282 g/mol. The Morgan fingerprint density at radius 3 is 2.55 bits per heavy atom. The Balaban J connectivity index is 2.84. The van der Waals surface area contributed by atoms with Crippen LogP contribution in [0.5, 0.6) is 5.75 Å². The summed E-state index contributed by atoms with van der Waals surface area (Å²) in [6, 6.07) is 6.88. The average molecular weight is 307 g/mol. The van der Waals surface area contributed by atoms with Gasteiger partial charge >= 0.3 is 5.97 Å². The Morgan fingerprint density at radius 1 is 1.23 bits per heavy atom. The number of carbonyl (C=O) groups excluding carboxylic acids is 2. The standard InChI is InChI=1S/C17H25NO4/c1-5-10-22-16(19)12-18(13(3)4)17(20)14-8-7-9-15(11-14)21-6-2/h7-9,11,13H,5-6,10,12H2,1-4H3. The highest BCUT2D eigenvalue weighted by molar-refractivity contribution is 5.96. The Bertz CT molecular complexity index is 499. The van der Waals surface area contributed by atoms with Gasteiger partial charge in [-0.25, -0.2) is 0 Å². The minimum Gasteiger partial charge on any atom is -0.494 e. The largest absolute Gasteiger partial charge is 0.494 e. The minimum atomic E-state index is -0.384. The zero-order valence-electron chi connectivity index (χ0n) is 13.8. The van der Waals surface area contributed by atoms with Crippen LogP contribution in [0.1, 0.15) is 44.5 Å². The van der Waals surface area contributed by atoms with Crippen LogP contribution >= 0.6 is 0 Å². The summed E-state index contributed by atoms with van der Waals surface area (Å²) in [5.41, 5.74) is 0.503. The second kappa shape index (κ2) is 9.07. The highest BCUT2D eigenvalue weighted by Gasteiger charge is 2.22. The van der Waals surface area contributed by atoms with Gasteiger partial charge in [0.1, 0.15) is 12.3 Å². The van der Waals surface area contributed by atoms with Crippen molar-refractivity contribution < 1.29 is 19.1 Å². The van der Waals surface area contributed by atoms with Crippen molar-refractivity contribution in [3.05, 3.63) is 29.8 Å². The molecule has 22 heavy (non-hydrogen) atoms. The van der Waals surface area contributed by atoms with E-state index in [4.69, 9.17) is 9.47 Å². The highest BCUT2D eigenvalue weighted by Crippen LogP contribution is 2.16. The molecule has 0 aliphatic carbocycles. The SMILES string of the molecule is CCCOC(=O)CN(C(=O)c1cccc(OCC)c1)C(C)C. The molecule has 0 aliphatic rings. The van der Waals surface area contributed by atoms with E-state index in [1.807, 2.05) is 27.7 Å². The van der Waals surface area contributed by atoms with Crippen LogP contribution < -0.4 is 4.74 Å². The molecule has 5 heteroatoms. The molecule has 0 spiro atoms. The molecular formula is C17H25NO4. The molecule has 0 aromatic heterocycles. The zero-order chi connectivity index (χ0) is 16.5. The molecule has 122 valence electrons. The Labute approximate surface area is 132 Å². The smallest absolute Gasteiger partial charge is 0.325 e. The highest BCUT2D eigenvalue weighted by atomic mass is 16.5. The molecule has 1 amide bonds. The van der Waals surface area contributed by atoms with Crippen LogP contribution in [-0.4, -0.2) is 42.6 Å². The van der Waals surface area contributed by atoms with E-state index in [1.54, 1.807) is 24.3 Å². The summed E-state index contributed by atoms with van der Waals surface area (Å²) >= 11 is 0. The molecule has 0 unspecified atom stereocenters. The quantitative estimate of drug-likeness (QED) is 0.693. The van der Waals surface area contributed by atoms with Crippen LogP contribution in [0, 0.1) is 0 Å². The predicted octanol–water partition coefficient (Wildman–Crippen LogP) is 2.89. The summed E-state index contributed by atoms with van der Waals surface area (Å²) < 4.78 is 10.5. The lowest BCUT2D eigenvalue weighted by Crippen LogP contribution is -2.41. The maximum atomic E-state index is 12.6. The summed E-state index contributed by atoms with van der Waals surface area (Å²) in [4.78, 5) is 25.9. The van der Waals surface area contributed by atoms with E-state index in [-0.39, 0.29) is 24.5 Å². The summed E-state index contributed by atoms with van der Waals surface area (Å²) in [7, 11) is 0. The molecule has 0 radical (unpaired) electrons. The molecule has 0 saturated heterocycles.